The van der Waals surface area contributed by atoms with E-state index in [1.165, 1.54) is 0 Å². The van der Waals surface area contributed by atoms with Crippen LogP contribution < -0.4 is 5.73 Å². The molecule has 19 heavy (non-hydrogen) atoms. The van der Waals surface area contributed by atoms with Gasteiger partial charge in [0.1, 0.15) is 0 Å². The van der Waals surface area contributed by atoms with Crippen LogP contribution in [0.4, 0.5) is 0 Å². The summed E-state index contributed by atoms with van der Waals surface area (Å²) >= 11 is 0. The quantitative estimate of drug-likeness (QED) is 0.795. The van der Waals surface area contributed by atoms with Crippen molar-refractivity contribution in [3.8, 4) is 11.8 Å². The smallest absolute Gasteiger partial charge is 0.0605 e. The van der Waals surface area contributed by atoms with Gasteiger partial charge in [0.25, 0.3) is 0 Å². The highest BCUT2D eigenvalue weighted by Gasteiger charge is 2.18. The van der Waals surface area contributed by atoms with Crippen molar-refractivity contribution in [3.05, 3.63) is 35.9 Å². The molecule has 2 N–H and O–H groups in total. The average Bonchev–Trinajstić information content (AvgIpc) is 2.40. The molecule has 1 aromatic rings. The van der Waals surface area contributed by atoms with Crippen molar-refractivity contribution < 1.29 is 0 Å². The van der Waals surface area contributed by atoms with E-state index in [9.17, 15) is 0 Å². The predicted octanol–water partition coefficient (Wildman–Crippen LogP) is 2.74. The number of hydrogen-bond acceptors (Lipinski definition) is 2. The topological polar surface area (TPSA) is 29.3 Å². The highest BCUT2D eigenvalue weighted by Crippen LogP contribution is 2.14. The second kappa shape index (κ2) is 7.99. The zero-order valence-corrected chi connectivity index (χ0v) is 12.4. The third-order valence-electron chi connectivity index (χ3n) is 3.05. The number of nitrogens with two attached hydrogens (primary N) is 1. The summed E-state index contributed by atoms with van der Waals surface area (Å²) in [4.78, 5) is 2.39. The fraction of sp³-hybridized carbons (Fsp3) is 0.529. The van der Waals surface area contributed by atoms with Crippen LogP contribution >= 0.6 is 0 Å². The van der Waals surface area contributed by atoms with Crippen molar-refractivity contribution in [1.82, 2.24) is 4.90 Å². The monoisotopic (exact) mass is 258 g/mol. The minimum atomic E-state index is 0.156. The standard InChI is InChI=1S/C17H26N2/c1-4-12-19(15-17(2,3)14-18)13-8-11-16-9-6-5-7-10-16/h5-7,9-10H,4,12-15,18H2,1-3H3. The molecule has 0 atom stereocenters. The Labute approximate surface area is 118 Å². The van der Waals surface area contributed by atoms with E-state index in [1.807, 2.05) is 30.3 Å². The molecule has 0 saturated carbocycles. The summed E-state index contributed by atoms with van der Waals surface area (Å²) in [5.74, 6) is 6.48. The van der Waals surface area contributed by atoms with Crippen LogP contribution in [-0.4, -0.2) is 31.1 Å². The molecule has 1 rings (SSSR count). The van der Waals surface area contributed by atoms with Gasteiger partial charge in [-0.15, -0.1) is 0 Å². The van der Waals surface area contributed by atoms with Gasteiger partial charge in [0, 0.05) is 12.1 Å². The molecule has 0 aromatic heterocycles. The maximum atomic E-state index is 5.81. The average molecular weight is 258 g/mol. The molecule has 0 saturated heterocycles. The van der Waals surface area contributed by atoms with E-state index in [4.69, 9.17) is 5.73 Å². The Morgan fingerprint density at radius 2 is 1.89 bits per heavy atom. The van der Waals surface area contributed by atoms with Crippen molar-refractivity contribution in [1.29, 1.82) is 0 Å². The molecule has 0 aliphatic heterocycles. The van der Waals surface area contributed by atoms with Crippen LogP contribution in [0.3, 0.4) is 0 Å². The second-order valence-electron chi connectivity index (χ2n) is 5.75. The number of rotatable bonds is 6. The van der Waals surface area contributed by atoms with E-state index >= 15 is 0 Å². The van der Waals surface area contributed by atoms with Crippen molar-refractivity contribution in [2.24, 2.45) is 11.1 Å². The molecular weight excluding hydrogens is 232 g/mol. The summed E-state index contributed by atoms with van der Waals surface area (Å²) in [6, 6.07) is 10.1. The largest absolute Gasteiger partial charge is 0.330 e. The highest BCUT2D eigenvalue weighted by molar-refractivity contribution is 5.33. The summed E-state index contributed by atoms with van der Waals surface area (Å²) in [5.41, 5.74) is 7.04. The third-order valence-corrected chi connectivity index (χ3v) is 3.05. The minimum absolute atomic E-state index is 0.156. The lowest BCUT2D eigenvalue weighted by atomic mass is 9.93. The number of benzene rings is 1. The lowest BCUT2D eigenvalue weighted by Crippen LogP contribution is -2.39. The first kappa shape index (κ1) is 15.8. The molecule has 0 spiro atoms. The molecule has 0 unspecified atom stereocenters. The molecule has 0 fully saturated rings. The number of nitrogens with zero attached hydrogens (tertiary/aromatic N) is 1. The van der Waals surface area contributed by atoms with Crippen LogP contribution in [0, 0.1) is 17.3 Å². The first-order chi connectivity index (χ1) is 9.07. The Kier molecular flexibility index (Phi) is 6.62. The first-order valence-electron chi connectivity index (χ1n) is 7.04. The van der Waals surface area contributed by atoms with Crippen LogP contribution in [-0.2, 0) is 0 Å². The van der Waals surface area contributed by atoms with Gasteiger partial charge in [0.15, 0.2) is 0 Å². The molecule has 0 heterocycles. The molecule has 0 aliphatic rings. The van der Waals surface area contributed by atoms with Gasteiger partial charge in [-0.1, -0.05) is 50.8 Å². The molecule has 1 aromatic carbocycles. The maximum absolute atomic E-state index is 5.81. The van der Waals surface area contributed by atoms with Crippen molar-refractivity contribution in [2.75, 3.05) is 26.2 Å². The Bertz CT molecular complexity index is 412. The lowest BCUT2D eigenvalue weighted by Gasteiger charge is -2.30. The zero-order valence-electron chi connectivity index (χ0n) is 12.4. The fourth-order valence-electron chi connectivity index (χ4n) is 1.98. The van der Waals surface area contributed by atoms with Gasteiger partial charge >= 0.3 is 0 Å². The van der Waals surface area contributed by atoms with E-state index in [0.717, 1.165) is 31.6 Å². The number of hydrogen-bond donors (Lipinski definition) is 1. The predicted molar refractivity (Wildman–Crippen MR) is 82.9 cm³/mol. The Morgan fingerprint density at radius 3 is 2.47 bits per heavy atom. The minimum Gasteiger partial charge on any atom is -0.330 e. The third kappa shape index (κ3) is 6.42. The van der Waals surface area contributed by atoms with Gasteiger partial charge in [-0.05, 0) is 37.1 Å². The van der Waals surface area contributed by atoms with Gasteiger partial charge in [0.2, 0.25) is 0 Å². The van der Waals surface area contributed by atoms with Crippen LogP contribution in [0.2, 0.25) is 0 Å². The van der Waals surface area contributed by atoms with E-state index in [-0.39, 0.29) is 5.41 Å². The lowest BCUT2D eigenvalue weighted by molar-refractivity contribution is 0.201. The van der Waals surface area contributed by atoms with E-state index < -0.39 is 0 Å². The molecular formula is C17H26N2. The summed E-state index contributed by atoms with van der Waals surface area (Å²) in [6.07, 6.45) is 1.15. The molecule has 0 aliphatic carbocycles. The van der Waals surface area contributed by atoms with Crippen LogP contribution in [0.15, 0.2) is 30.3 Å². The van der Waals surface area contributed by atoms with Crippen LogP contribution in [0.5, 0.6) is 0 Å². The summed E-state index contributed by atoms with van der Waals surface area (Å²) < 4.78 is 0. The van der Waals surface area contributed by atoms with Crippen LogP contribution in [0.25, 0.3) is 0 Å². The molecule has 2 nitrogen and oxygen atoms in total. The Hall–Kier alpha value is -1.30. The highest BCUT2D eigenvalue weighted by atomic mass is 15.1. The summed E-state index contributed by atoms with van der Waals surface area (Å²) in [7, 11) is 0. The summed E-state index contributed by atoms with van der Waals surface area (Å²) in [5, 5.41) is 0. The van der Waals surface area contributed by atoms with E-state index in [2.05, 4.69) is 37.5 Å². The molecule has 104 valence electrons. The molecule has 0 radical (unpaired) electrons. The van der Waals surface area contributed by atoms with Crippen molar-refractivity contribution >= 4 is 0 Å². The molecule has 2 heteroatoms. The molecule has 0 bridgehead atoms. The van der Waals surface area contributed by atoms with Gasteiger partial charge in [-0.2, -0.15) is 0 Å². The van der Waals surface area contributed by atoms with Gasteiger partial charge in [-0.25, -0.2) is 0 Å². The van der Waals surface area contributed by atoms with E-state index in [1.54, 1.807) is 0 Å². The molecule has 0 amide bonds. The normalized spacial score (nSPS) is 11.2. The van der Waals surface area contributed by atoms with Gasteiger partial charge in [0.05, 0.1) is 6.54 Å². The van der Waals surface area contributed by atoms with Crippen molar-refractivity contribution in [2.45, 2.75) is 27.2 Å². The zero-order chi connectivity index (χ0) is 14.1. The maximum Gasteiger partial charge on any atom is 0.0605 e. The first-order valence-corrected chi connectivity index (χ1v) is 7.04. The Balaban J connectivity index is 2.57. The Morgan fingerprint density at radius 1 is 1.21 bits per heavy atom. The summed E-state index contributed by atoms with van der Waals surface area (Å²) in [6.45, 7) is 10.2. The second-order valence-corrected chi connectivity index (χ2v) is 5.75. The van der Waals surface area contributed by atoms with Crippen LogP contribution in [0.1, 0.15) is 32.8 Å². The fourth-order valence-corrected chi connectivity index (χ4v) is 1.98. The van der Waals surface area contributed by atoms with E-state index in [0.29, 0.717) is 6.54 Å². The van der Waals surface area contributed by atoms with Gasteiger partial charge < -0.3 is 5.73 Å². The SMILES string of the molecule is CCCN(CC#Cc1ccccc1)CC(C)(C)CN. The van der Waals surface area contributed by atoms with Gasteiger partial charge in [-0.3, -0.25) is 4.90 Å². The van der Waals surface area contributed by atoms with Crippen molar-refractivity contribution in [3.63, 3.8) is 0 Å².